The van der Waals surface area contributed by atoms with E-state index in [4.69, 9.17) is 0 Å². The van der Waals surface area contributed by atoms with Gasteiger partial charge in [-0.05, 0) is 57.0 Å². The first-order chi connectivity index (χ1) is 11.6. The lowest BCUT2D eigenvalue weighted by atomic mass is 9.73. The molecule has 1 unspecified atom stereocenters. The summed E-state index contributed by atoms with van der Waals surface area (Å²) < 4.78 is 0. The number of aryl methyl sites for hydroxylation is 1. The van der Waals surface area contributed by atoms with Gasteiger partial charge in [0.1, 0.15) is 0 Å². The second-order valence-corrected chi connectivity index (χ2v) is 7.60. The highest BCUT2D eigenvalue weighted by Crippen LogP contribution is 2.52. The molecule has 1 aromatic heterocycles. The molecule has 4 heteroatoms. The van der Waals surface area contributed by atoms with Crippen LogP contribution in [0.1, 0.15) is 42.0 Å². The minimum absolute atomic E-state index is 0.326. The van der Waals surface area contributed by atoms with E-state index < -0.39 is 0 Å². The molecule has 2 aliphatic rings. The largest absolute Gasteiger partial charge is 0.341 e. The van der Waals surface area contributed by atoms with Crippen molar-refractivity contribution in [2.75, 3.05) is 32.1 Å². The van der Waals surface area contributed by atoms with Crippen LogP contribution in [0.2, 0.25) is 0 Å². The van der Waals surface area contributed by atoms with Crippen LogP contribution >= 0.6 is 0 Å². The zero-order chi connectivity index (χ0) is 16.7. The first-order valence-electron chi connectivity index (χ1n) is 8.88. The van der Waals surface area contributed by atoms with Crippen molar-refractivity contribution in [1.82, 2.24) is 14.9 Å². The van der Waals surface area contributed by atoms with E-state index in [0.29, 0.717) is 11.5 Å². The Kier molecular flexibility index (Phi) is 3.80. The van der Waals surface area contributed by atoms with Crippen LogP contribution < -0.4 is 4.90 Å². The number of fused-ring (bicyclic) bond motifs is 2. The van der Waals surface area contributed by atoms with Crippen molar-refractivity contribution < 1.29 is 0 Å². The lowest BCUT2D eigenvalue weighted by Crippen LogP contribution is -2.42. The minimum Gasteiger partial charge on any atom is -0.341 e. The minimum atomic E-state index is 0.326. The van der Waals surface area contributed by atoms with Gasteiger partial charge in [-0.1, -0.05) is 24.3 Å². The average molecular weight is 322 g/mol. The van der Waals surface area contributed by atoms with Gasteiger partial charge in [0.05, 0.1) is 0 Å². The predicted octanol–water partition coefficient (Wildman–Crippen LogP) is 3.33. The van der Waals surface area contributed by atoms with Crippen molar-refractivity contribution in [3.05, 3.63) is 53.3 Å². The van der Waals surface area contributed by atoms with Gasteiger partial charge in [-0.15, -0.1) is 0 Å². The number of anilines is 1. The maximum absolute atomic E-state index is 4.51. The molecule has 0 N–H and O–H groups in total. The first kappa shape index (κ1) is 15.6. The van der Waals surface area contributed by atoms with E-state index in [0.717, 1.165) is 24.6 Å². The number of hydrogen-bond acceptors (Lipinski definition) is 4. The standard InChI is InChI=1S/C20H26N4/c1-15-13-21-19(22-14-15)24-10-8-20(9-11-24)12-18(23(2)3)16-6-4-5-7-17(16)20/h4-7,13-14,18H,8-12H2,1-3H3. The normalized spacial score (nSPS) is 22.2. The Morgan fingerprint density at radius 3 is 2.42 bits per heavy atom. The van der Waals surface area contributed by atoms with Gasteiger partial charge in [-0.2, -0.15) is 0 Å². The van der Waals surface area contributed by atoms with Gasteiger partial charge in [0.2, 0.25) is 5.95 Å². The molecule has 1 saturated heterocycles. The van der Waals surface area contributed by atoms with Crippen LogP contribution in [0.4, 0.5) is 5.95 Å². The molecule has 1 aliphatic heterocycles. The topological polar surface area (TPSA) is 32.3 Å². The molecule has 0 radical (unpaired) electrons. The molecule has 1 aromatic carbocycles. The fourth-order valence-corrected chi connectivity index (χ4v) is 4.48. The number of rotatable bonds is 2. The van der Waals surface area contributed by atoms with Gasteiger partial charge >= 0.3 is 0 Å². The lowest BCUT2D eigenvalue weighted by molar-refractivity contribution is 0.230. The molecule has 2 aromatic rings. The van der Waals surface area contributed by atoms with E-state index >= 15 is 0 Å². The van der Waals surface area contributed by atoms with Crippen molar-refractivity contribution >= 4 is 5.95 Å². The van der Waals surface area contributed by atoms with Gasteiger partial charge in [0, 0.05) is 36.9 Å². The SMILES string of the molecule is Cc1cnc(N2CCC3(CC2)CC(N(C)C)c2ccccc23)nc1. The highest BCUT2D eigenvalue weighted by Gasteiger charge is 2.46. The van der Waals surface area contributed by atoms with E-state index in [-0.39, 0.29) is 0 Å². The molecule has 0 saturated carbocycles. The van der Waals surface area contributed by atoms with E-state index in [1.165, 1.54) is 24.8 Å². The Balaban J connectivity index is 1.57. The van der Waals surface area contributed by atoms with Crippen LogP contribution in [0.5, 0.6) is 0 Å². The molecule has 1 spiro atoms. The number of nitrogens with zero attached hydrogens (tertiary/aromatic N) is 4. The molecule has 0 bridgehead atoms. The van der Waals surface area contributed by atoms with Crippen molar-refractivity contribution in [1.29, 1.82) is 0 Å². The smallest absolute Gasteiger partial charge is 0.225 e. The summed E-state index contributed by atoms with van der Waals surface area (Å²) in [4.78, 5) is 13.7. The summed E-state index contributed by atoms with van der Waals surface area (Å²) in [5, 5.41) is 0. The third-order valence-electron chi connectivity index (χ3n) is 5.87. The van der Waals surface area contributed by atoms with Gasteiger partial charge in [0.15, 0.2) is 0 Å². The summed E-state index contributed by atoms with van der Waals surface area (Å²) in [6, 6.07) is 9.61. The van der Waals surface area contributed by atoms with Crippen molar-refractivity contribution in [2.45, 2.75) is 37.6 Å². The Hall–Kier alpha value is -1.94. The number of benzene rings is 1. The molecule has 2 heterocycles. The highest BCUT2D eigenvalue weighted by atomic mass is 15.3. The van der Waals surface area contributed by atoms with Crippen LogP contribution in [0, 0.1) is 6.92 Å². The summed E-state index contributed by atoms with van der Waals surface area (Å²) in [7, 11) is 4.41. The van der Waals surface area contributed by atoms with Crippen LogP contribution in [0.3, 0.4) is 0 Å². The second-order valence-electron chi connectivity index (χ2n) is 7.60. The van der Waals surface area contributed by atoms with E-state index in [2.05, 4.69) is 58.1 Å². The maximum Gasteiger partial charge on any atom is 0.225 e. The Labute approximate surface area is 144 Å². The molecule has 1 atom stereocenters. The summed E-state index contributed by atoms with van der Waals surface area (Å²) in [6.07, 6.45) is 7.44. The van der Waals surface area contributed by atoms with Crippen molar-refractivity contribution in [3.63, 3.8) is 0 Å². The van der Waals surface area contributed by atoms with Crippen LogP contribution in [0.15, 0.2) is 36.7 Å². The van der Waals surface area contributed by atoms with E-state index in [9.17, 15) is 0 Å². The highest BCUT2D eigenvalue weighted by molar-refractivity contribution is 5.44. The summed E-state index contributed by atoms with van der Waals surface area (Å²) >= 11 is 0. The fraction of sp³-hybridized carbons (Fsp3) is 0.500. The van der Waals surface area contributed by atoms with Crippen molar-refractivity contribution in [3.8, 4) is 0 Å². The van der Waals surface area contributed by atoms with Crippen LogP contribution in [0.25, 0.3) is 0 Å². The van der Waals surface area contributed by atoms with E-state index in [1.807, 2.05) is 19.3 Å². The maximum atomic E-state index is 4.51. The lowest BCUT2D eigenvalue weighted by Gasteiger charge is -2.40. The molecule has 4 nitrogen and oxygen atoms in total. The second kappa shape index (κ2) is 5.85. The number of hydrogen-bond donors (Lipinski definition) is 0. The fourth-order valence-electron chi connectivity index (χ4n) is 4.48. The monoisotopic (exact) mass is 322 g/mol. The predicted molar refractivity (Wildman–Crippen MR) is 97.4 cm³/mol. The van der Waals surface area contributed by atoms with Gasteiger partial charge in [-0.25, -0.2) is 9.97 Å². The van der Waals surface area contributed by atoms with Crippen molar-refractivity contribution in [2.24, 2.45) is 0 Å². The van der Waals surface area contributed by atoms with Gasteiger partial charge in [-0.3, -0.25) is 0 Å². The molecule has 1 fully saturated rings. The van der Waals surface area contributed by atoms with Gasteiger partial charge in [0.25, 0.3) is 0 Å². The van der Waals surface area contributed by atoms with Gasteiger partial charge < -0.3 is 9.80 Å². The zero-order valence-corrected chi connectivity index (χ0v) is 14.9. The third kappa shape index (κ3) is 2.49. The molecule has 1 aliphatic carbocycles. The summed E-state index contributed by atoms with van der Waals surface area (Å²) in [6.45, 7) is 4.11. The quantitative estimate of drug-likeness (QED) is 0.849. The third-order valence-corrected chi connectivity index (χ3v) is 5.87. The summed E-state index contributed by atoms with van der Waals surface area (Å²) in [5.74, 6) is 0.880. The first-order valence-corrected chi connectivity index (χ1v) is 8.88. The average Bonchev–Trinajstić information content (AvgIpc) is 2.92. The Morgan fingerprint density at radius 1 is 1.08 bits per heavy atom. The summed E-state index contributed by atoms with van der Waals surface area (Å²) in [5.41, 5.74) is 4.55. The van der Waals surface area contributed by atoms with Crippen LogP contribution in [-0.2, 0) is 5.41 Å². The van der Waals surface area contributed by atoms with E-state index in [1.54, 1.807) is 5.56 Å². The molecule has 0 amide bonds. The Bertz CT molecular complexity index is 715. The molecule has 4 rings (SSSR count). The number of aromatic nitrogens is 2. The zero-order valence-electron chi connectivity index (χ0n) is 14.9. The van der Waals surface area contributed by atoms with Crippen LogP contribution in [-0.4, -0.2) is 42.1 Å². The molecule has 126 valence electrons. The molecular weight excluding hydrogens is 296 g/mol. The molecule has 24 heavy (non-hydrogen) atoms. The number of piperidine rings is 1. The molecular formula is C20H26N4. The Morgan fingerprint density at radius 2 is 1.75 bits per heavy atom.